The van der Waals surface area contributed by atoms with Crippen molar-refractivity contribution in [1.29, 1.82) is 0 Å². The SMILES string of the molecule is CCN(CC)C(=O)CN(C)C(=O)CC1(O)CCCC1. The van der Waals surface area contributed by atoms with Gasteiger partial charge in [-0.1, -0.05) is 12.8 Å². The van der Waals surface area contributed by atoms with Gasteiger partial charge in [-0.15, -0.1) is 0 Å². The fraction of sp³-hybridized carbons (Fsp3) is 0.857. The lowest BCUT2D eigenvalue weighted by molar-refractivity contribution is -0.142. The summed E-state index contributed by atoms with van der Waals surface area (Å²) in [7, 11) is 1.63. The van der Waals surface area contributed by atoms with E-state index in [1.165, 1.54) is 4.90 Å². The van der Waals surface area contributed by atoms with Crippen LogP contribution in [0.4, 0.5) is 0 Å². The van der Waals surface area contributed by atoms with Crippen LogP contribution in [-0.4, -0.2) is 59.0 Å². The molecule has 0 saturated heterocycles. The van der Waals surface area contributed by atoms with Gasteiger partial charge in [0.1, 0.15) is 0 Å². The molecule has 0 radical (unpaired) electrons. The van der Waals surface area contributed by atoms with Gasteiger partial charge in [0.05, 0.1) is 18.6 Å². The largest absolute Gasteiger partial charge is 0.389 e. The Labute approximate surface area is 115 Å². The molecule has 1 aliphatic carbocycles. The molecular weight excluding hydrogens is 244 g/mol. The molecule has 110 valence electrons. The molecule has 19 heavy (non-hydrogen) atoms. The highest BCUT2D eigenvalue weighted by atomic mass is 16.3. The summed E-state index contributed by atoms with van der Waals surface area (Å²) < 4.78 is 0. The van der Waals surface area contributed by atoms with Gasteiger partial charge < -0.3 is 14.9 Å². The van der Waals surface area contributed by atoms with Crippen LogP contribution in [0.3, 0.4) is 0 Å². The van der Waals surface area contributed by atoms with Gasteiger partial charge in [-0.05, 0) is 26.7 Å². The monoisotopic (exact) mass is 270 g/mol. The van der Waals surface area contributed by atoms with E-state index in [2.05, 4.69) is 0 Å². The predicted octanol–water partition coefficient (Wildman–Crippen LogP) is 1.01. The Morgan fingerprint density at radius 1 is 1.11 bits per heavy atom. The Morgan fingerprint density at radius 2 is 1.63 bits per heavy atom. The molecular formula is C14H26N2O3. The number of rotatable bonds is 6. The second-order valence-electron chi connectivity index (χ2n) is 5.42. The smallest absolute Gasteiger partial charge is 0.242 e. The van der Waals surface area contributed by atoms with Crippen LogP contribution in [0.5, 0.6) is 0 Å². The molecule has 0 spiro atoms. The first-order valence-corrected chi connectivity index (χ1v) is 7.16. The summed E-state index contributed by atoms with van der Waals surface area (Å²) in [6.45, 7) is 5.24. The quantitative estimate of drug-likeness (QED) is 0.783. The lowest BCUT2D eigenvalue weighted by Crippen LogP contribution is -2.43. The number of amides is 2. The van der Waals surface area contributed by atoms with Gasteiger partial charge in [0.2, 0.25) is 11.8 Å². The number of hydrogen-bond donors (Lipinski definition) is 1. The summed E-state index contributed by atoms with van der Waals surface area (Å²) in [5.74, 6) is -0.191. The Kier molecular flexibility index (Phi) is 5.79. The van der Waals surface area contributed by atoms with Gasteiger partial charge >= 0.3 is 0 Å². The molecule has 1 fully saturated rings. The number of carbonyl (C=O) groups excluding carboxylic acids is 2. The Balaban J connectivity index is 2.46. The first-order chi connectivity index (χ1) is 8.91. The molecule has 0 aromatic heterocycles. The van der Waals surface area contributed by atoms with E-state index in [1.807, 2.05) is 13.8 Å². The Morgan fingerprint density at radius 3 is 2.11 bits per heavy atom. The summed E-state index contributed by atoms with van der Waals surface area (Å²) in [5, 5.41) is 10.2. The summed E-state index contributed by atoms with van der Waals surface area (Å²) in [6.07, 6.45) is 3.47. The van der Waals surface area contributed by atoms with Crippen LogP contribution in [0.2, 0.25) is 0 Å². The van der Waals surface area contributed by atoms with Gasteiger partial charge in [-0.3, -0.25) is 9.59 Å². The van der Waals surface area contributed by atoms with Crippen molar-refractivity contribution in [2.75, 3.05) is 26.7 Å². The van der Waals surface area contributed by atoms with E-state index in [0.717, 1.165) is 12.8 Å². The van der Waals surface area contributed by atoms with E-state index in [4.69, 9.17) is 0 Å². The van der Waals surface area contributed by atoms with Gasteiger partial charge in [0.25, 0.3) is 0 Å². The number of likely N-dealkylation sites (N-methyl/N-ethyl adjacent to an activating group) is 2. The summed E-state index contributed by atoms with van der Waals surface area (Å²) in [4.78, 5) is 27.1. The van der Waals surface area contributed by atoms with Gasteiger partial charge in [0, 0.05) is 20.1 Å². The molecule has 2 amide bonds. The van der Waals surface area contributed by atoms with Crippen molar-refractivity contribution in [3.8, 4) is 0 Å². The van der Waals surface area contributed by atoms with Gasteiger partial charge in [-0.25, -0.2) is 0 Å². The standard InChI is InChI=1S/C14H26N2O3/c1-4-16(5-2)13(18)11-15(3)12(17)10-14(19)8-6-7-9-14/h19H,4-11H2,1-3H3. The molecule has 0 heterocycles. The van der Waals surface area contributed by atoms with E-state index in [1.54, 1.807) is 11.9 Å². The number of carbonyl (C=O) groups is 2. The molecule has 5 nitrogen and oxygen atoms in total. The van der Waals surface area contributed by atoms with E-state index >= 15 is 0 Å². The maximum Gasteiger partial charge on any atom is 0.242 e. The molecule has 0 unspecified atom stereocenters. The minimum atomic E-state index is -0.844. The maximum atomic E-state index is 12.0. The molecule has 1 rings (SSSR count). The lowest BCUT2D eigenvalue weighted by Gasteiger charge is -2.27. The van der Waals surface area contributed by atoms with Crippen LogP contribution >= 0.6 is 0 Å². The van der Waals surface area contributed by atoms with E-state index in [0.29, 0.717) is 25.9 Å². The maximum absolute atomic E-state index is 12.0. The number of hydrogen-bond acceptors (Lipinski definition) is 3. The molecule has 0 aromatic carbocycles. The van der Waals surface area contributed by atoms with E-state index in [9.17, 15) is 14.7 Å². The molecule has 0 bridgehead atoms. The normalized spacial score (nSPS) is 17.3. The van der Waals surface area contributed by atoms with Crippen molar-refractivity contribution in [3.63, 3.8) is 0 Å². The van der Waals surface area contributed by atoms with Crippen molar-refractivity contribution in [1.82, 2.24) is 9.80 Å². The molecule has 1 N–H and O–H groups in total. The summed E-state index contributed by atoms with van der Waals surface area (Å²) >= 11 is 0. The Hall–Kier alpha value is -1.10. The fourth-order valence-corrected chi connectivity index (χ4v) is 2.59. The molecule has 0 aromatic rings. The Bertz CT molecular complexity index is 321. The number of aliphatic hydroxyl groups is 1. The number of nitrogens with zero attached hydrogens (tertiary/aromatic N) is 2. The fourth-order valence-electron chi connectivity index (χ4n) is 2.59. The molecule has 1 saturated carbocycles. The zero-order valence-electron chi connectivity index (χ0n) is 12.3. The zero-order chi connectivity index (χ0) is 14.5. The average molecular weight is 270 g/mol. The first kappa shape index (κ1) is 16.0. The van der Waals surface area contributed by atoms with Crippen LogP contribution in [0.15, 0.2) is 0 Å². The lowest BCUT2D eigenvalue weighted by atomic mass is 9.97. The highest BCUT2D eigenvalue weighted by Crippen LogP contribution is 2.32. The van der Waals surface area contributed by atoms with Crippen molar-refractivity contribution >= 4 is 11.8 Å². The van der Waals surface area contributed by atoms with Gasteiger partial charge in [0.15, 0.2) is 0 Å². The first-order valence-electron chi connectivity index (χ1n) is 7.16. The summed E-state index contributed by atoms with van der Waals surface area (Å²) in [6, 6.07) is 0. The van der Waals surface area contributed by atoms with Crippen molar-refractivity contribution in [3.05, 3.63) is 0 Å². The second-order valence-corrected chi connectivity index (χ2v) is 5.42. The topological polar surface area (TPSA) is 60.9 Å². The predicted molar refractivity (Wildman–Crippen MR) is 73.6 cm³/mol. The van der Waals surface area contributed by atoms with Gasteiger partial charge in [-0.2, -0.15) is 0 Å². The molecule has 0 atom stereocenters. The average Bonchev–Trinajstić information content (AvgIpc) is 2.77. The zero-order valence-corrected chi connectivity index (χ0v) is 12.3. The second kappa shape index (κ2) is 6.89. The highest BCUT2D eigenvalue weighted by molar-refractivity contribution is 5.85. The molecule has 5 heteroatoms. The van der Waals surface area contributed by atoms with Crippen molar-refractivity contribution in [2.24, 2.45) is 0 Å². The molecule has 0 aliphatic heterocycles. The van der Waals surface area contributed by atoms with Crippen LogP contribution in [0.25, 0.3) is 0 Å². The molecule has 1 aliphatic rings. The minimum absolute atomic E-state index is 0.0424. The van der Waals surface area contributed by atoms with Crippen LogP contribution in [0.1, 0.15) is 46.0 Å². The van der Waals surface area contributed by atoms with Crippen LogP contribution < -0.4 is 0 Å². The van der Waals surface area contributed by atoms with Crippen molar-refractivity contribution < 1.29 is 14.7 Å². The minimum Gasteiger partial charge on any atom is -0.389 e. The third-order valence-electron chi connectivity index (χ3n) is 3.93. The van der Waals surface area contributed by atoms with E-state index < -0.39 is 5.60 Å². The third-order valence-corrected chi connectivity index (χ3v) is 3.93. The van der Waals surface area contributed by atoms with Crippen LogP contribution in [0, 0.1) is 0 Å². The summed E-state index contributed by atoms with van der Waals surface area (Å²) in [5.41, 5.74) is -0.844. The third kappa shape index (κ3) is 4.49. The van der Waals surface area contributed by atoms with E-state index in [-0.39, 0.29) is 24.8 Å². The highest BCUT2D eigenvalue weighted by Gasteiger charge is 2.34. The van der Waals surface area contributed by atoms with Crippen molar-refractivity contribution in [2.45, 2.75) is 51.6 Å². The van der Waals surface area contributed by atoms with Crippen LogP contribution in [-0.2, 0) is 9.59 Å².